The van der Waals surface area contributed by atoms with Gasteiger partial charge in [-0.3, -0.25) is 0 Å². The molecule has 2 N–H and O–H groups in total. The van der Waals surface area contributed by atoms with E-state index in [2.05, 4.69) is 0 Å². The van der Waals surface area contributed by atoms with Gasteiger partial charge < -0.3 is 5.73 Å². The van der Waals surface area contributed by atoms with E-state index in [9.17, 15) is 8.78 Å². The Labute approximate surface area is 66.0 Å². The van der Waals surface area contributed by atoms with Gasteiger partial charge >= 0.3 is 0 Å². The normalized spacial score (nSPS) is 26.2. The Hall–Kier alpha value is -0.180. The summed E-state index contributed by atoms with van der Waals surface area (Å²) in [6.07, 6.45) is 1.91. The highest BCUT2D eigenvalue weighted by Gasteiger charge is 2.44. The van der Waals surface area contributed by atoms with Crippen LogP contribution in [0.25, 0.3) is 0 Å². The summed E-state index contributed by atoms with van der Waals surface area (Å²) in [4.78, 5) is 0. The SMILES string of the molecule is C[C@@H](N)CCC1CC(F)(F)C1. The minimum absolute atomic E-state index is 0.0831. The number of rotatable bonds is 3. The Bertz CT molecular complexity index is 126. The molecule has 0 spiro atoms. The summed E-state index contributed by atoms with van der Waals surface area (Å²) in [6, 6.07) is 0.157. The molecule has 0 aromatic heterocycles. The fourth-order valence-corrected chi connectivity index (χ4v) is 1.49. The number of alkyl halides is 2. The van der Waals surface area contributed by atoms with Gasteiger partial charge in [0.15, 0.2) is 0 Å². The molecule has 1 fully saturated rings. The van der Waals surface area contributed by atoms with E-state index < -0.39 is 5.92 Å². The first-order chi connectivity index (χ1) is 4.99. The third kappa shape index (κ3) is 2.73. The van der Waals surface area contributed by atoms with Gasteiger partial charge in [-0.2, -0.15) is 0 Å². The van der Waals surface area contributed by atoms with Gasteiger partial charge in [-0.05, 0) is 25.7 Å². The lowest BCUT2D eigenvalue weighted by Crippen LogP contribution is -2.36. The number of hydrogen-bond donors (Lipinski definition) is 1. The number of halogens is 2. The van der Waals surface area contributed by atoms with E-state index in [1.807, 2.05) is 6.92 Å². The highest BCUT2D eigenvalue weighted by atomic mass is 19.3. The molecular weight excluding hydrogens is 148 g/mol. The third-order valence-electron chi connectivity index (χ3n) is 2.20. The van der Waals surface area contributed by atoms with Crippen molar-refractivity contribution in [3.8, 4) is 0 Å². The van der Waals surface area contributed by atoms with Gasteiger partial charge in [-0.25, -0.2) is 8.78 Å². The second-order valence-corrected chi connectivity index (χ2v) is 3.68. The van der Waals surface area contributed by atoms with Crippen LogP contribution in [0.15, 0.2) is 0 Å². The second-order valence-electron chi connectivity index (χ2n) is 3.68. The molecule has 0 unspecified atom stereocenters. The molecule has 1 atom stereocenters. The van der Waals surface area contributed by atoms with Crippen molar-refractivity contribution in [3.05, 3.63) is 0 Å². The fourth-order valence-electron chi connectivity index (χ4n) is 1.49. The summed E-state index contributed by atoms with van der Waals surface area (Å²) in [6.45, 7) is 1.91. The van der Waals surface area contributed by atoms with E-state index in [0.717, 1.165) is 12.8 Å². The third-order valence-corrected chi connectivity index (χ3v) is 2.20. The maximum absolute atomic E-state index is 12.3. The molecule has 1 aliphatic rings. The van der Waals surface area contributed by atoms with Gasteiger partial charge in [0.25, 0.3) is 0 Å². The molecule has 0 bridgehead atoms. The van der Waals surface area contributed by atoms with E-state index in [-0.39, 0.29) is 24.8 Å². The molecule has 3 heteroatoms. The Morgan fingerprint density at radius 2 is 2.09 bits per heavy atom. The molecule has 1 saturated carbocycles. The summed E-state index contributed by atoms with van der Waals surface area (Å²) in [5.41, 5.74) is 5.50. The number of nitrogens with two attached hydrogens (primary N) is 1. The molecule has 0 aliphatic heterocycles. The van der Waals surface area contributed by atoms with Crippen LogP contribution in [0.1, 0.15) is 32.6 Å². The molecule has 1 nitrogen and oxygen atoms in total. The fraction of sp³-hybridized carbons (Fsp3) is 1.00. The zero-order valence-corrected chi connectivity index (χ0v) is 6.82. The lowest BCUT2D eigenvalue weighted by atomic mass is 9.78. The van der Waals surface area contributed by atoms with E-state index in [1.54, 1.807) is 0 Å². The molecule has 0 saturated heterocycles. The molecule has 0 heterocycles. The Balaban J connectivity index is 2.05. The van der Waals surface area contributed by atoms with Crippen LogP contribution in [0.5, 0.6) is 0 Å². The van der Waals surface area contributed by atoms with Gasteiger partial charge in [0.1, 0.15) is 0 Å². The standard InChI is InChI=1S/C8H15F2N/c1-6(11)2-3-7-4-8(9,10)5-7/h6-7H,2-5,11H2,1H3/t6-/m1/s1. The van der Waals surface area contributed by atoms with Crippen molar-refractivity contribution in [2.45, 2.75) is 44.6 Å². The van der Waals surface area contributed by atoms with Crippen LogP contribution in [0, 0.1) is 5.92 Å². The Kier molecular flexibility index (Phi) is 2.47. The van der Waals surface area contributed by atoms with Crippen molar-refractivity contribution < 1.29 is 8.78 Å². The van der Waals surface area contributed by atoms with Crippen LogP contribution in [0.3, 0.4) is 0 Å². The summed E-state index contributed by atoms with van der Waals surface area (Å²) in [5.74, 6) is -2.13. The first kappa shape index (κ1) is 8.91. The zero-order valence-electron chi connectivity index (χ0n) is 6.82. The van der Waals surface area contributed by atoms with Crippen LogP contribution >= 0.6 is 0 Å². The average molecular weight is 163 g/mol. The minimum atomic E-state index is -2.36. The lowest BCUT2D eigenvalue weighted by molar-refractivity contribution is -0.112. The minimum Gasteiger partial charge on any atom is -0.328 e. The van der Waals surface area contributed by atoms with E-state index in [0.29, 0.717) is 0 Å². The summed E-state index contributed by atoms with van der Waals surface area (Å²) in [7, 11) is 0. The largest absolute Gasteiger partial charge is 0.328 e. The van der Waals surface area contributed by atoms with Gasteiger partial charge in [-0.15, -0.1) is 0 Å². The predicted molar refractivity (Wildman–Crippen MR) is 40.6 cm³/mol. The molecule has 0 aromatic rings. The zero-order chi connectivity index (χ0) is 8.48. The predicted octanol–water partition coefficient (Wildman–Crippen LogP) is 2.16. The van der Waals surface area contributed by atoms with Crippen molar-refractivity contribution in [2.75, 3.05) is 0 Å². The smallest absolute Gasteiger partial charge is 0.248 e. The van der Waals surface area contributed by atoms with Gasteiger partial charge in [0.05, 0.1) is 0 Å². The monoisotopic (exact) mass is 163 g/mol. The Morgan fingerprint density at radius 3 is 2.45 bits per heavy atom. The van der Waals surface area contributed by atoms with Crippen LogP contribution in [-0.4, -0.2) is 12.0 Å². The van der Waals surface area contributed by atoms with E-state index in [4.69, 9.17) is 5.73 Å². The quantitative estimate of drug-likeness (QED) is 0.677. The molecule has 0 aromatic carbocycles. The highest BCUT2D eigenvalue weighted by Crippen LogP contribution is 2.44. The molecular formula is C8H15F2N. The molecule has 1 aliphatic carbocycles. The topological polar surface area (TPSA) is 26.0 Å². The second kappa shape index (κ2) is 3.05. The molecule has 66 valence electrons. The van der Waals surface area contributed by atoms with Crippen LogP contribution in [0.2, 0.25) is 0 Å². The summed E-state index contributed by atoms with van der Waals surface area (Å²) in [5, 5.41) is 0. The molecule has 0 amide bonds. The average Bonchev–Trinajstić information content (AvgIpc) is 1.78. The van der Waals surface area contributed by atoms with E-state index >= 15 is 0 Å². The van der Waals surface area contributed by atoms with Crippen LogP contribution in [-0.2, 0) is 0 Å². The lowest BCUT2D eigenvalue weighted by Gasteiger charge is -2.35. The highest BCUT2D eigenvalue weighted by molar-refractivity contribution is 4.86. The van der Waals surface area contributed by atoms with Gasteiger partial charge in [0, 0.05) is 18.9 Å². The first-order valence-electron chi connectivity index (χ1n) is 4.13. The van der Waals surface area contributed by atoms with Crippen molar-refractivity contribution in [3.63, 3.8) is 0 Å². The summed E-state index contributed by atoms with van der Waals surface area (Å²) < 4.78 is 24.6. The van der Waals surface area contributed by atoms with Crippen molar-refractivity contribution in [2.24, 2.45) is 11.7 Å². The molecule has 1 rings (SSSR count). The van der Waals surface area contributed by atoms with E-state index in [1.165, 1.54) is 0 Å². The summed E-state index contributed by atoms with van der Waals surface area (Å²) >= 11 is 0. The number of hydrogen-bond acceptors (Lipinski definition) is 1. The van der Waals surface area contributed by atoms with Crippen molar-refractivity contribution in [1.82, 2.24) is 0 Å². The first-order valence-corrected chi connectivity index (χ1v) is 4.13. The van der Waals surface area contributed by atoms with Crippen molar-refractivity contribution in [1.29, 1.82) is 0 Å². The van der Waals surface area contributed by atoms with Crippen molar-refractivity contribution >= 4 is 0 Å². The van der Waals surface area contributed by atoms with Crippen LogP contribution in [0.4, 0.5) is 8.78 Å². The van der Waals surface area contributed by atoms with Gasteiger partial charge in [0.2, 0.25) is 5.92 Å². The maximum atomic E-state index is 12.3. The van der Waals surface area contributed by atoms with Gasteiger partial charge in [-0.1, -0.05) is 0 Å². The molecule has 0 radical (unpaired) electrons. The van der Waals surface area contributed by atoms with Crippen LogP contribution < -0.4 is 5.73 Å². The maximum Gasteiger partial charge on any atom is 0.248 e. The molecule has 11 heavy (non-hydrogen) atoms. The Morgan fingerprint density at radius 1 is 1.55 bits per heavy atom.